The molecule has 1 heterocycles. The zero-order valence-electron chi connectivity index (χ0n) is 19.2. The molecule has 0 saturated carbocycles. The topological polar surface area (TPSA) is 98.9 Å². The summed E-state index contributed by atoms with van der Waals surface area (Å²) in [4.78, 5) is 38.4. The molecule has 8 nitrogen and oxygen atoms in total. The number of Topliss-reactive ketones (excluding diaryl/α,β-unsaturated/α-hetero) is 1. The van der Waals surface area contributed by atoms with Gasteiger partial charge in [-0.1, -0.05) is 28.9 Å². The highest BCUT2D eigenvalue weighted by Crippen LogP contribution is 2.38. The first kappa shape index (κ1) is 26.9. The summed E-state index contributed by atoms with van der Waals surface area (Å²) < 4.78 is 54.8. The standard InChI is InChI=1S/C22H22ClF3N2O6/c1-21(2,3)33-19(30)12-9-7-8-11(15(12)23)16-14(20(31)32-6)17(34-27-16)13(10-28(4)5)18(29)22(24,25)26/h7-10H,1-6H3/b13-10-. The second-order valence-corrected chi connectivity index (χ2v) is 8.61. The molecule has 0 radical (unpaired) electrons. The number of ketones is 1. The second kappa shape index (κ2) is 9.88. The van der Waals surface area contributed by atoms with Crippen molar-refractivity contribution in [3.8, 4) is 11.3 Å². The third kappa shape index (κ3) is 5.96. The Hall–Kier alpha value is -3.34. The lowest BCUT2D eigenvalue weighted by Gasteiger charge is -2.20. The minimum absolute atomic E-state index is 0.0240. The Morgan fingerprint density at radius 2 is 1.74 bits per heavy atom. The molecule has 0 atom stereocenters. The fourth-order valence-corrected chi connectivity index (χ4v) is 3.08. The number of carbonyl (C=O) groups excluding carboxylic acids is 3. The molecular weight excluding hydrogens is 481 g/mol. The van der Waals surface area contributed by atoms with Gasteiger partial charge in [0.2, 0.25) is 0 Å². The van der Waals surface area contributed by atoms with E-state index in [1.165, 1.54) is 37.2 Å². The highest BCUT2D eigenvalue weighted by atomic mass is 35.5. The molecule has 0 saturated heterocycles. The SMILES string of the molecule is COC(=O)c1c(-c2cccc(C(=O)OC(C)(C)C)c2Cl)noc1/C(=C/N(C)C)C(=O)C(F)(F)F. The van der Waals surface area contributed by atoms with Crippen LogP contribution in [0.25, 0.3) is 16.8 Å². The van der Waals surface area contributed by atoms with Gasteiger partial charge in [-0.05, 0) is 26.8 Å². The van der Waals surface area contributed by atoms with Crippen molar-refractivity contribution in [2.24, 2.45) is 0 Å². The molecule has 1 aromatic carbocycles. The predicted octanol–water partition coefficient (Wildman–Crippen LogP) is 4.77. The lowest BCUT2D eigenvalue weighted by Crippen LogP contribution is -2.25. The third-order valence-electron chi connectivity index (χ3n) is 4.09. The van der Waals surface area contributed by atoms with Crippen LogP contribution in [0.3, 0.4) is 0 Å². The molecule has 1 aromatic heterocycles. The Balaban J connectivity index is 2.78. The van der Waals surface area contributed by atoms with Gasteiger partial charge in [0.15, 0.2) is 5.76 Å². The Morgan fingerprint density at radius 1 is 1.12 bits per heavy atom. The zero-order chi connectivity index (χ0) is 26.0. The monoisotopic (exact) mass is 502 g/mol. The molecule has 0 aliphatic heterocycles. The van der Waals surface area contributed by atoms with Gasteiger partial charge in [-0.3, -0.25) is 4.79 Å². The summed E-state index contributed by atoms with van der Waals surface area (Å²) in [6.07, 6.45) is -4.43. The number of methoxy groups -OCH3 is 1. The molecule has 0 aliphatic rings. The van der Waals surface area contributed by atoms with Gasteiger partial charge in [-0.25, -0.2) is 9.59 Å². The number of alkyl halides is 3. The minimum Gasteiger partial charge on any atom is -0.465 e. The van der Waals surface area contributed by atoms with Crippen LogP contribution in [-0.4, -0.2) is 60.8 Å². The van der Waals surface area contributed by atoms with Crippen LogP contribution in [0.1, 0.15) is 47.2 Å². The molecule has 34 heavy (non-hydrogen) atoms. The van der Waals surface area contributed by atoms with E-state index < -0.39 is 46.4 Å². The number of hydrogen-bond donors (Lipinski definition) is 0. The summed E-state index contributed by atoms with van der Waals surface area (Å²) in [5, 5.41) is 3.50. The van der Waals surface area contributed by atoms with E-state index in [0.29, 0.717) is 0 Å². The molecule has 2 rings (SSSR count). The average molecular weight is 503 g/mol. The molecule has 12 heteroatoms. The molecule has 0 aliphatic carbocycles. The van der Waals surface area contributed by atoms with Gasteiger partial charge in [-0.15, -0.1) is 0 Å². The van der Waals surface area contributed by atoms with Crippen LogP contribution in [0.5, 0.6) is 0 Å². The summed E-state index contributed by atoms with van der Waals surface area (Å²) >= 11 is 6.39. The molecule has 2 aromatic rings. The quantitative estimate of drug-likeness (QED) is 0.411. The van der Waals surface area contributed by atoms with Crippen LogP contribution in [0.4, 0.5) is 13.2 Å². The molecule has 0 N–H and O–H groups in total. The van der Waals surface area contributed by atoms with Gasteiger partial charge >= 0.3 is 18.1 Å². The second-order valence-electron chi connectivity index (χ2n) is 8.23. The molecule has 184 valence electrons. The Kier molecular flexibility index (Phi) is 7.82. The maximum Gasteiger partial charge on any atom is 0.455 e. The first-order chi connectivity index (χ1) is 15.6. The van der Waals surface area contributed by atoms with Crippen molar-refractivity contribution in [3.63, 3.8) is 0 Å². The van der Waals surface area contributed by atoms with Crippen molar-refractivity contribution >= 4 is 34.9 Å². The fraction of sp³-hybridized carbons (Fsp3) is 0.364. The Morgan fingerprint density at radius 3 is 2.24 bits per heavy atom. The van der Waals surface area contributed by atoms with Crippen LogP contribution >= 0.6 is 11.6 Å². The van der Waals surface area contributed by atoms with Crippen molar-refractivity contribution in [3.05, 3.63) is 46.3 Å². The Labute approximate surface area is 198 Å². The number of esters is 2. The van der Waals surface area contributed by atoms with E-state index in [4.69, 9.17) is 25.6 Å². The van der Waals surface area contributed by atoms with Gasteiger partial charge in [0.25, 0.3) is 5.78 Å². The molecule has 0 bridgehead atoms. The number of aromatic nitrogens is 1. The van der Waals surface area contributed by atoms with E-state index >= 15 is 0 Å². The molecular formula is C22H22ClF3N2O6. The molecule has 0 fully saturated rings. The smallest absolute Gasteiger partial charge is 0.455 e. The van der Waals surface area contributed by atoms with Gasteiger partial charge in [0.1, 0.15) is 16.9 Å². The van der Waals surface area contributed by atoms with Crippen LogP contribution in [0, 0.1) is 0 Å². The molecule has 0 spiro atoms. The number of allylic oxidation sites excluding steroid dienone is 1. The number of ether oxygens (including phenoxy) is 2. The summed E-state index contributed by atoms with van der Waals surface area (Å²) in [6, 6.07) is 4.14. The highest BCUT2D eigenvalue weighted by molar-refractivity contribution is 6.36. The summed E-state index contributed by atoms with van der Waals surface area (Å²) in [6.45, 7) is 4.95. The van der Waals surface area contributed by atoms with Crippen molar-refractivity contribution < 1.29 is 41.6 Å². The normalized spacial score (nSPS) is 12.4. The van der Waals surface area contributed by atoms with E-state index in [9.17, 15) is 27.6 Å². The largest absolute Gasteiger partial charge is 0.465 e. The van der Waals surface area contributed by atoms with Crippen LogP contribution in [0.15, 0.2) is 28.9 Å². The Bertz CT molecular complexity index is 1150. The number of nitrogens with zero attached hydrogens (tertiary/aromatic N) is 2. The number of carbonyl (C=O) groups is 3. The zero-order valence-corrected chi connectivity index (χ0v) is 19.9. The third-order valence-corrected chi connectivity index (χ3v) is 4.50. The predicted molar refractivity (Wildman–Crippen MR) is 116 cm³/mol. The maximum absolute atomic E-state index is 13.3. The van der Waals surface area contributed by atoms with Crippen LogP contribution < -0.4 is 0 Å². The van der Waals surface area contributed by atoms with Gasteiger partial charge < -0.3 is 18.9 Å². The summed E-state index contributed by atoms with van der Waals surface area (Å²) in [5.74, 6) is -4.94. The number of rotatable bonds is 6. The van der Waals surface area contributed by atoms with Crippen molar-refractivity contribution in [2.75, 3.05) is 21.2 Å². The number of halogens is 4. The van der Waals surface area contributed by atoms with E-state index in [0.717, 1.165) is 13.3 Å². The maximum atomic E-state index is 13.3. The first-order valence-corrected chi connectivity index (χ1v) is 10.1. The van der Waals surface area contributed by atoms with Crippen molar-refractivity contribution in [1.82, 2.24) is 10.1 Å². The highest BCUT2D eigenvalue weighted by Gasteiger charge is 2.44. The summed E-state index contributed by atoms with van der Waals surface area (Å²) in [5.41, 5.74) is -2.81. The average Bonchev–Trinajstić information content (AvgIpc) is 3.13. The molecule has 0 amide bonds. The van der Waals surface area contributed by atoms with Gasteiger partial charge in [-0.2, -0.15) is 13.2 Å². The number of benzene rings is 1. The fourth-order valence-electron chi connectivity index (χ4n) is 2.79. The van der Waals surface area contributed by atoms with Gasteiger partial charge in [0, 0.05) is 25.9 Å². The van der Waals surface area contributed by atoms with E-state index in [1.807, 2.05) is 0 Å². The van der Waals surface area contributed by atoms with E-state index in [-0.39, 0.29) is 21.8 Å². The lowest BCUT2D eigenvalue weighted by molar-refractivity contribution is -0.164. The van der Waals surface area contributed by atoms with Crippen molar-refractivity contribution in [1.29, 1.82) is 0 Å². The lowest BCUT2D eigenvalue weighted by atomic mass is 9.99. The van der Waals surface area contributed by atoms with Crippen LogP contribution in [0.2, 0.25) is 5.02 Å². The van der Waals surface area contributed by atoms with E-state index in [1.54, 1.807) is 20.8 Å². The van der Waals surface area contributed by atoms with Crippen LogP contribution in [-0.2, 0) is 14.3 Å². The first-order valence-electron chi connectivity index (χ1n) is 9.68. The number of hydrogen-bond acceptors (Lipinski definition) is 8. The summed E-state index contributed by atoms with van der Waals surface area (Å²) in [7, 11) is 3.74. The van der Waals surface area contributed by atoms with Gasteiger partial charge in [0.05, 0.1) is 23.3 Å². The van der Waals surface area contributed by atoms with E-state index in [2.05, 4.69) is 5.16 Å². The minimum atomic E-state index is -5.27. The molecule has 0 unspecified atom stereocenters. The van der Waals surface area contributed by atoms with Crippen molar-refractivity contribution in [2.45, 2.75) is 32.5 Å².